The fraction of sp³-hybridized carbons (Fsp3) is 0.400. The lowest BCUT2D eigenvalue weighted by Gasteiger charge is -2.01. The number of nitrogens with zero attached hydrogens (tertiary/aromatic N) is 2. The Labute approximate surface area is 82.5 Å². The number of pyridine rings is 1. The lowest BCUT2D eigenvalue weighted by Crippen LogP contribution is -2.14. The summed E-state index contributed by atoms with van der Waals surface area (Å²) in [7, 11) is 1.42. The van der Waals surface area contributed by atoms with Crippen LogP contribution in [-0.2, 0) is 16.1 Å². The highest BCUT2D eigenvalue weighted by Crippen LogP contribution is 2.21. The number of aromatic nitrogens is 1. The van der Waals surface area contributed by atoms with Crippen LogP contribution in [0.1, 0.15) is 5.56 Å². The Morgan fingerprint density at radius 3 is 3.29 bits per heavy atom. The standard InChI is InChI=1S/C10H12N2O2/c1-14-10(13)9-7-12(9)6-8-3-2-4-11-5-8/h2-5,9H,6-7H2,1H3/t9-,12?/m1/s1. The largest absolute Gasteiger partial charge is 0.468 e. The van der Waals surface area contributed by atoms with Crippen LogP contribution in [0.2, 0.25) is 0 Å². The molecule has 2 atom stereocenters. The van der Waals surface area contributed by atoms with Gasteiger partial charge in [0.1, 0.15) is 6.04 Å². The predicted octanol–water partition coefficient (Wildman–Crippen LogP) is 0.439. The van der Waals surface area contributed by atoms with Gasteiger partial charge in [-0.3, -0.25) is 14.7 Å². The van der Waals surface area contributed by atoms with Gasteiger partial charge in [0.2, 0.25) is 0 Å². The van der Waals surface area contributed by atoms with E-state index in [0.717, 1.165) is 18.7 Å². The summed E-state index contributed by atoms with van der Waals surface area (Å²) in [5, 5.41) is 0. The van der Waals surface area contributed by atoms with E-state index < -0.39 is 0 Å². The first kappa shape index (κ1) is 9.15. The Morgan fingerprint density at radius 1 is 1.79 bits per heavy atom. The molecule has 2 heterocycles. The van der Waals surface area contributed by atoms with Crippen molar-refractivity contribution < 1.29 is 9.53 Å². The minimum atomic E-state index is -0.145. The van der Waals surface area contributed by atoms with E-state index in [9.17, 15) is 4.79 Å². The summed E-state index contributed by atoms with van der Waals surface area (Å²) < 4.78 is 4.65. The topological polar surface area (TPSA) is 42.2 Å². The van der Waals surface area contributed by atoms with Crippen molar-refractivity contribution >= 4 is 5.97 Å². The van der Waals surface area contributed by atoms with Crippen LogP contribution in [0.15, 0.2) is 24.5 Å². The second-order valence-corrected chi connectivity index (χ2v) is 3.33. The van der Waals surface area contributed by atoms with Crippen molar-refractivity contribution in [3.63, 3.8) is 0 Å². The molecule has 0 amide bonds. The van der Waals surface area contributed by atoms with Gasteiger partial charge >= 0.3 is 5.97 Å². The van der Waals surface area contributed by atoms with Crippen molar-refractivity contribution in [1.82, 2.24) is 9.88 Å². The van der Waals surface area contributed by atoms with Crippen molar-refractivity contribution in [2.75, 3.05) is 13.7 Å². The second-order valence-electron chi connectivity index (χ2n) is 3.33. The van der Waals surface area contributed by atoms with E-state index in [1.165, 1.54) is 7.11 Å². The summed E-state index contributed by atoms with van der Waals surface area (Å²) in [6.45, 7) is 1.56. The smallest absolute Gasteiger partial charge is 0.324 e. The fourth-order valence-corrected chi connectivity index (χ4v) is 1.44. The molecular formula is C10H12N2O2. The highest BCUT2D eigenvalue weighted by atomic mass is 16.5. The van der Waals surface area contributed by atoms with Crippen LogP contribution in [0.4, 0.5) is 0 Å². The number of ether oxygens (including phenoxy) is 1. The molecule has 0 aliphatic carbocycles. The first-order valence-corrected chi connectivity index (χ1v) is 4.52. The Morgan fingerprint density at radius 2 is 2.64 bits per heavy atom. The summed E-state index contributed by atoms with van der Waals surface area (Å²) >= 11 is 0. The summed E-state index contributed by atoms with van der Waals surface area (Å²) in [5.74, 6) is -0.145. The average molecular weight is 192 g/mol. The first-order valence-electron chi connectivity index (χ1n) is 4.52. The zero-order valence-electron chi connectivity index (χ0n) is 8.01. The molecule has 1 aromatic rings. The number of carbonyl (C=O) groups excluding carboxylic acids is 1. The van der Waals surface area contributed by atoms with Crippen molar-refractivity contribution in [1.29, 1.82) is 0 Å². The van der Waals surface area contributed by atoms with Gasteiger partial charge in [-0.25, -0.2) is 0 Å². The molecule has 1 aromatic heterocycles. The van der Waals surface area contributed by atoms with E-state index in [4.69, 9.17) is 0 Å². The van der Waals surface area contributed by atoms with E-state index in [0.29, 0.717) is 0 Å². The molecule has 1 aliphatic heterocycles. The molecule has 0 aromatic carbocycles. The minimum absolute atomic E-state index is 0.0415. The van der Waals surface area contributed by atoms with Crippen LogP contribution < -0.4 is 0 Å². The van der Waals surface area contributed by atoms with Gasteiger partial charge in [0.15, 0.2) is 0 Å². The van der Waals surface area contributed by atoms with E-state index in [1.54, 1.807) is 6.20 Å². The SMILES string of the molecule is COC(=O)[C@H]1CN1Cc1cccnc1. The molecule has 1 saturated heterocycles. The maximum atomic E-state index is 11.1. The van der Waals surface area contributed by atoms with E-state index in [2.05, 4.69) is 9.72 Å². The van der Waals surface area contributed by atoms with Gasteiger partial charge in [-0.15, -0.1) is 0 Å². The molecule has 0 saturated carbocycles. The molecule has 1 fully saturated rings. The van der Waals surface area contributed by atoms with Crippen molar-refractivity contribution in [3.05, 3.63) is 30.1 Å². The molecule has 0 spiro atoms. The van der Waals surface area contributed by atoms with Gasteiger partial charge in [-0.1, -0.05) is 6.07 Å². The lowest BCUT2D eigenvalue weighted by atomic mass is 10.3. The second kappa shape index (κ2) is 3.75. The van der Waals surface area contributed by atoms with Crippen molar-refractivity contribution in [2.24, 2.45) is 0 Å². The summed E-state index contributed by atoms with van der Waals surface area (Å²) in [4.78, 5) is 17.2. The van der Waals surface area contributed by atoms with E-state index in [-0.39, 0.29) is 12.0 Å². The monoisotopic (exact) mass is 192 g/mol. The number of hydrogen-bond acceptors (Lipinski definition) is 4. The molecule has 1 aliphatic rings. The average Bonchev–Trinajstić information content (AvgIpc) is 2.98. The van der Waals surface area contributed by atoms with Crippen LogP contribution in [0.25, 0.3) is 0 Å². The van der Waals surface area contributed by atoms with Crippen molar-refractivity contribution in [3.8, 4) is 0 Å². The molecule has 4 heteroatoms. The van der Waals surface area contributed by atoms with Crippen LogP contribution in [0, 0.1) is 0 Å². The number of hydrogen-bond donors (Lipinski definition) is 0. The predicted molar refractivity (Wildman–Crippen MR) is 50.5 cm³/mol. The highest BCUT2D eigenvalue weighted by molar-refractivity contribution is 5.78. The Kier molecular flexibility index (Phi) is 2.45. The molecule has 1 unspecified atom stereocenters. The third kappa shape index (κ3) is 1.90. The van der Waals surface area contributed by atoms with E-state index in [1.807, 2.05) is 23.2 Å². The molecule has 74 valence electrons. The van der Waals surface area contributed by atoms with E-state index >= 15 is 0 Å². The van der Waals surface area contributed by atoms with Gasteiger partial charge in [0.05, 0.1) is 7.11 Å². The van der Waals surface area contributed by atoms with Crippen LogP contribution in [0.5, 0.6) is 0 Å². The quantitative estimate of drug-likeness (QED) is 0.514. The molecule has 0 N–H and O–H groups in total. The van der Waals surface area contributed by atoms with Crippen LogP contribution in [0.3, 0.4) is 0 Å². The zero-order chi connectivity index (χ0) is 9.97. The maximum Gasteiger partial charge on any atom is 0.324 e. The number of methoxy groups -OCH3 is 1. The zero-order valence-corrected chi connectivity index (χ0v) is 8.01. The number of esters is 1. The number of carbonyl (C=O) groups is 1. The van der Waals surface area contributed by atoms with Gasteiger partial charge in [0.25, 0.3) is 0 Å². The lowest BCUT2D eigenvalue weighted by molar-refractivity contribution is -0.140. The van der Waals surface area contributed by atoms with Gasteiger partial charge < -0.3 is 4.74 Å². The normalized spacial score (nSPS) is 24.4. The summed E-state index contributed by atoms with van der Waals surface area (Å²) in [6.07, 6.45) is 3.55. The fourth-order valence-electron chi connectivity index (χ4n) is 1.44. The maximum absolute atomic E-state index is 11.1. The van der Waals surface area contributed by atoms with Gasteiger partial charge in [-0.2, -0.15) is 0 Å². The minimum Gasteiger partial charge on any atom is -0.468 e. The Balaban J connectivity index is 1.88. The Bertz CT molecular complexity index is 326. The van der Waals surface area contributed by atoms with Gasteiger partial charge in [0, 0.05) is 25.5 Å². The molecule has 4 nitrogen and oxygen atoms in total. The van der Waals surface area contributed by atoms with Crippen molar-refractivity contribution in [2.45, 2.75) is 12.6 Å². The third-order valence-corrected chi connectivity index (χ3v) is 2.30. The Hall–Kier alpha value is -1.42. The van der Waals surface area contributed by atoms with Gasteiger partial charge in [-0.05, 0) is 11.6 Å². The first-order chi connectivity index (χ1) is 6.81. The van der Waals surface area contributed by atoms with Crippen LogP contribution >= 0.6 is 0 Å². The summed E-state index contributed by atoms with van der Waals surface area (Å²) in [6, 6.07) is 3.85. The summed E-state index contributed by atoms with van der Waals surface area (Å²) in [5.41, 5.74) is 1.12. The molecular weight excluding hydrogens is 180 g/mol. The molecule has 2 rings (SSSR count). The van der Waals surface area contributed by atoms with Crippen LogP contribution in [-0.4, -0.2) is 35.5 Å². The molecule has 0 bridgehead atoms. The number of rotatable bonds is 3. The molecule has 14 heavy (non-hydrogen) atoms. The molecule has 0 radical (unpaired) electrons. The third-order valence-electron chi connectivity index (χ3n) is 2.30. The highest BCUT2D eigenvalue weighted by Gasteiger charge is 2.40.